The summed E-state index contributed by atoms with van der Waals surface area (Å²) in [4.78, 5) is 15.3. The highest BCUT2D eigenvalue weighted by molar-refractivity contribution is 6.38. The average Bonchev–Trinajstić information content (AvgIpc) is 3.69. The summed E-state index contributed by atoms with van der Waals surface area (Å²) in [6.07, 6.45) is 11.4. The Bertz CT molecular complexity index is 1310. The average molecular weight is 557 g/mol. The molecule has 4 aliphatic rings. The molecule has 2 aromatic heterocycles. The molecule has 0 saturated heterocycles. The maximum Gasteiger partial charge on any atom is 0.335 e. The summed E-state index contributed by atoms with van der Waals surface area (Å²) in [5, 5.41) is 14.5. The maximum absolute atomic E-state index is 11.2. The van der Waals surface area contributed by atoms with Gasteiger partial charge in [-0.25, -0.2) is 4.79 Å². The molecule has 7 nitrogen and oxygen atoms in total. The van der Waals surface area contributed by atoms with Crippen molar-refractivity contribution in [3.8, 4) is 11.3 Å². The van der Waals surface area contributed by atoms with Crippen molar-refractivity contribution in [2.24, 2.45) is 5.41 Å². The van der Waals surface area contributed by atoms with Crippen molar-refractivity contribution in [1.29, 1.82) is 0 Å². The van der Waals surface area contributed by atoms with Crippen molar-refractivity contribution in [2.75, 3.05) is 6.61 Å². The fourth-order valence-corrected chi connectivity index (χ4v) is 6.57. The molecule has 4 saturated carbocycles. The van der Waals surface area contributed by atoms with Crippen LogP contribution in [0, 0.1) is 5.41 Å². The lowest BCUT2D eigenvalue weighted by atomic mass is 9.59. The fraction of sp³-hybridized carbons (Fsp3) is 0.483. The number of nitrogens with zero attached hydrogens (tertiary/aromatic N) is 2. The number of halogens is 2. The van der Waals surface area contributed by atoms with Crippen LogP contribution in [0.3, 0.4) is 0 Å². The molecule has 2 heterocycles. The van der Waals surface area contributed by atoms with E-state index in [1.165, 1.54) is 0 Å². The number of carbonyl (C=O) groups is 1. The van der Waals surface area contributed by atoms with Crippen LogP contribution in [0.15, 0.2) is 41.2 Å². The molecule has 0 atom stereocenters. The number of rotatable bonds is 10. The van der Waals surface area contributed by atoms with Crippen molar-refractivity contribution < 1.29 is 23.9 Å². The highest BCUT2D eigenvalue weighted by Gasteiger charge is 2.49. The number of pyridine rings is 1. The first kappa shape index (κ1) is 25.8. The molecule has 1 N–H and O–H groups in total. The zero-order valence-electron chi connectivity index (χ0n) is 21.1. The summed E-state index contributed by atoms with van der Waals surface area (Å²) in [5.74, 6) is 0.350. The highest BCUT2D eigenvalue weighted by Crippen LogP contribution is 2.55. The summed E-state index contributed by atoms with van der Waals surface area (Å²) in [6, 6.07) is 6.95. The van der Waals surface area contributed by atoms with E-state index in [0.29, 0.717) is 47.0 Å². The monoisotopic (exact) mass is 556 g/mol. The summed E-state index contributed by atoms with van der Waals surface area (Å²) >= 11 is 12.9. The van der Waals surface area contributed by atoms with Crippen molar-refractivity contribution in [2.45, 2.75) is 76.1 Å². The number of hydrogen-bond donors (Lipinski definition) is 1. The van der Waals surface area contributed by atoms with Crippen LogP contribution >= 0.6 is 23.2 Å². The molecule has 2 bridgehead atoms. The Labute approximate surface area is 231 Å². The number of ether oxygens (including phenoxy) is 2. The number of aromatic nitrogens is 2. The lowest BCUT2D eigenvalue weighted by Gasteiger charge is -2.53. The third-order valence-corrected chi connectivity index (χ3v) is 9.14. The van der Waals surface area contributed by atoms with E-state index in [1.54, 1.807) is 30.6 Å². The van der Waals surface area contributed by atoms with Crippen molar-refractivity contribution in [1.82, 2.24) is 10.1 Å². The summed E-state index contributed by atoms with van der Waals surface area (Å²) in [6.45, 7) is 1.52. The molecule has 0 amide bonds. The van der Waals surface area contributed by atoms with Gasteiger partial charge in [-0.1, -0.05) is 40.5 Å². The van der Waals surface area contributed by atoms with Gasteiger partial charge in [-0.2, -0.15) is 0 Å². The van der Waals surface area contributed by atoms with Gasteiger partial charge in [0.2, 0.25) is 0 Å². The van der Waals surface area contributed by atoms with Gasteiger partial charge in [0.05, 0.1) is 41.0 Å². The predicted molar refractivity (Wildman–Crippen MR) is 142 cm³/mol. The Morgan fingerprint density at radius 3 is 2.42 bits per heavy atom. The molecule has 9 heteroatoms. The quantitative estimate of drug-likeness (QED) is 0.277. The number of fused-ring (bicyclic) bond motifs is 3. The topological polar surface area (TPSA) is 94.7 Å². The summed E-state index contributed by atoms with van der Waals surface area (Å²) in [7, 11) is 0. The largest absolute Gasteiger partial charge is 0.478 e. The Morgan fingerprint density at radius 2 is 1.76 bits per heavy atom. The van der Waals surface area contributed by atoms with Crippen molar-refractivity contribution in [3.05, 3.63) is 69.2 Å². The van der Waals surface area contributed by atoms with E-state index in [0.717, 1.165) is 68.3 Å². The second-order valence-electron chi connectivity index (χ2n) is 11.1. The standard InChI is InChI=1S/C29H30Cl2N2O5/c30-22-13-32-14-23(31)24(22)25-21(26(38-33-25)19-4-5-19)16-37-29-9-6-28(7-10-29,8-11-29)17-36-15-18-2-1-3-20(12-18)27(34)35/h1-3,12-14,19H,4-11,15-17H2,(H,34,35). The molecular formula is C29H30Cl2N2O5. The van der Waals surface area contributed by atoms with Crippen LogP contribution in [0.2, 0.25) is 10.0 Å². The Kier molecular flexibility index (Phi) is 6.97. The van der Waals surface area contributed by atoms with Gasteiger partial charge in [0.25, 0.3) is 0 Å². The van der Waals surface area contributed by atoms with Gasteiger partial charge in [0.1, 0.15) is 11.5 Å². The van der Waals surface area contributed by atoms with Gasteiger partial charge in [0, 0.05) is 29.4 Å². The second kappa shape index (κ2) is 10.3. The van der Waals surface area contributed by atoms with Crippen molar-refractivity contribution >= 4 is 29.2 Å². The van der Waals surface area contributed by atoms with Crippen molar-refractivity contribution in [3.63, 3.8) is 0 Å². The summed E-state index contributed by atoms with van der Waals surface area (Å²) < 4.78 is 18.6. The van der Waals surface area contributed by atoms with Gasteiger partial charge >= 0.3 is 5.97 Å². The van der Waals surface area contributed by atoms with E-state index in [4.69, 9.17) is 37.2 Å². The Balaban J connectivity index is 1.10. The number of carboxylic acid groups (broad SMARTS) is 1. The van der Waals surface area contributed by atoms with Gasteiger partial charge in [-0.15, -0.1) is 0 Å². The SMILES string of the molecule is O=C(O)c1cccc(COCC23CCC(OCc4c(-c5c(Cl)cncc5Cl)noc4C4CC4)(CC2)CC3)c1. The number of benzene rings is 1. The smallest absolute Gasteiger partial charge is 0.335 e. The molecule has 1 aromatic carbocycles. The number of hydrogen-bond acceptors (Lipinski definition) is 6. The van der Waals surface area contributed by atoms with Gasteiger partial charge in [0.15, 0.2) is 0 Å². The molecule has 0 spiro atoms. The first-order chi connectivity index (χ1) is 18.4. The highest BCUT2D eigenvalue weighted by atomic mass is 35.5. The normalized spacial score (nSPS) is 24.6. The number of carboxylic acids is 1. The molecule has 7 rings (SSSR count). The first-order valence-electron chi connectivity index (χ1n) is 13.2. The predicted octanol–water partition coefficient (Wildman–Crippen LogP) is 7.45. The van der Waals surface area contributed by atoms with E-state index < -0.39 is 5.97 Å². The Hall–Kier alpha value is -2.45. The van der Waals surface area contributed by atoms with Crippen LogP contribution < -0.4 is 0 Å². The van der Waals surface area contributed by atoms with E-state index in [9.17, 15) is 9.90 Å². The molecule has 0 radical (unpaired) electrons. The van der Waals surface area contributed by atoms with Crippen LogP contribution in [-0.2, 0) is 22.7 Å². The van der Waals surface area contributed by atoms with E-state index in [2.05, 4.69) is 10.1 Å². The third kappa shape index (κ3) is 5.09. The minimum absolute atomic E-state index is 0.154. The van der Waals surface area contributed by atoms with E-state index in [-0.39, 0.29) is 16.6 Å². The zero-order chi connectivity index (χ0) is 26.3. The minimum Gasteiger partial charge on any atom is -0.478 e. The maximum atomic E-state index is 11.2. The van der Waals surface area contributed by atoms with Crippen LogP contribution in [0.5, 0.6) is 0 Å². The second-order valence-corrected chi connectivity index (χ2v) is 11.9. The molecular weight excluding hydrogens is 527 g/mol. The lowest BCUT2D eigenvalue weighted by molar-refractivity contribution is -0.158. The fourth-order valence-electron chi connectivity index (χ4n) is 6.03. The van der Waals surface area contributed by atoms with E-state index in [1.807, 2.05) is 6.07 Å². The van der Waals surface area contributed by atoms with Crippen LogP contribution in [-0.4, -0.2) is 33.4 Å². The minimum atomic E-state index is -0.920. The molecule has 4 aliphatic carbocycles. The van der Waals surface area contributed by atoms with E-state index >= 15 is 0 Å². The lowest BCUT2D eigenvalue weighted by Crippen LogP contribution is -2.49. The molecule has 0 unspecified atom stereocenters. The number of aromatic carboxylic acids is 1. The molecule has 0 aliphatic heterocycles. The first-order valence-corrected chi connectivity index (χ1v) is 13.9. The van der Waals surface area contributed by atoms with Gasteiger partial charge in [-0.3, -0.25) is 4.98 Å². The molecule has 4 fully saturated rings. The molecule has 3 aromatic rings. The van der Waals surface area contributed by atoms with Crippen LogP contribution in [0.25, 0.3) is 11.3 Å². The van der Waals surface area contributed by atoms with Crippen LogP contribution in [0.1, 0.15) is 84.5 Å². The Morgan fingerprint density at radius 1 is 1.05 bits per heavy atom. The van der Waals surface area contributed by atoms with Gasteiger partial charge < -0.3 is 19.1 Å². The zero-order valence-corrected chi connectivity index (χ0v) is 22.6. The third-order valence-electron chi connectivity index (χ3n) is 8.56. The summed E-state index contributed by atoms with van der Waals surface area (Å²) in [5.41, 5.74) is 3.43. The molecule has 38 heavy (non-hydrogen) atoms. The van der Waals surface area contributed by atoms with Gasteiger partial charge in [-0.05, 0) is 74.5 Å². The molecule has 200 valence electrons. The van der Waals surface area contributed by atoms with Crippen LogP contribution in [0.4, 0.5) is 0 Å².